The van der Waals surface area contributed by atoms with E-state index in [-0.39, 0.29) is 18.4 Å². The molecule has 3 aromatic heterocycles. The summed E-state index contributed by atoms with van der Waals surface area (Å²) in [4.78, 5) is 25.0. The molecule has 0 bridgehead atoms. The first-order valence-electron chi connectivity index (χ1n) is 13.0. The predicted octanol–water partition coefficient (Wildman–Crippen LogP) is 4.83. The molecule has 0 aliphatic carbocycles. The molecule has 14 heteroatoms. The Morgan fingerprint density at radius 2 is 1.85 bits per heavy atom. The molecule has 0 radical (unpaired) electrons. The van der Waals surface area contributed by atoms with Gasteiger partial charge >= 0.3 is 6.18 Å². The van der Waals surface area contributed by atoms with Gasteiger partial charge in [0.05, 0.1) is 41.1 Å². The van der Waals surface area contributed by atoms with Gasteiger partial charge in [0, 0.05) is 37.4 Å². The van der Waals surface area contributed by atoms with E-state index in [1.165, 1.54) is 23.9 Å². The van der Waals surface area contributed by atoms with Crippen molar-refractivity contribution in [3.8, 4) is 22.6 Å². The monoisotopic (exact) mass is 586 g/mol. The summed E-state index contributed by atoms with van der Waals surface area (Å²) in [6.45, 7) is 1.06. The number of thioether (sulfide) groups is 1. The summed E-state index contributed by atoms with van der Waals surface area (Å²) in [6, 6.07) is 9.74. The summed E-state index contributed by atoms with van der Waals surface area (Å²) >= 11 is 1.33. The first kappa shape index (κ1) is 27.3. The van der Waals surface area contributed by atoms with Gasteiger partial charge in [-0.2, -0.15) is 18.3 Å². The molecule has 4 aromatic rings. The number of nitrogens with zero attached hydrogens (tertiary/aromatic N) is 7. The molecule has 1 fully saturated rings. The molecular weight excluding hydrogens is 560 g/mol. The third-order valence-electron chi connectivity index (χ3n) is 7.29. The van der Waals surface area contributed by atoms with Gasteiger partial charge in [0.15, 0.2) is 11.5 Å². The smallest absolute Gasteiger partial charge is 0.365 e. The van der Waals surface area contributed by atoms with Crippen molar-refractivity contribution in [2.45, 2.75) is 31.5 Å². The maximum absolute atomic E-state index is 13.7. The number of alkyl halides is 3. The van der Waals surface area contributed by atoms with Gasteiger partial charge in [-0.3, -0.25) is 4.79 Å². The van der Waals surface area contributed by atoms with Crippen molar-refractivity contribution < 1.29 is 22.4 Å². The van der Waals surface area contributed by atoms with Gasteiger partial charge in [0.25, 0.3) is 5.91 Å². The van der Waals surface area contributed by atoms with Crippen molar-refractivity contribution in [2.75, 3.05) is 30.4 Å². The van der Waals surface area contributed by atoms with E-state index in [0.717, 1.165) is 5.69 Å². The van der Waals surface area contributed by atoms with Gasteiger partial charge < -0.3 is 20.1 Å². The van der Waals surface area contributed by atoms with Crippen molar-refractivity contribution >= 4 is 29.1 Å². The zero-order valence-electron chi connectivity index (χ0n) is 21.8. The van der Waals surface area contributed by atoms with Crippen LogP contribution < -0.4 is 10.6 Å². The van der Waals surface area contributed by atoms with Crippen LogP contribution in [-0.4, -0.2) is 66.6 Å². The van der Waals surface area contributed by atoms with Gasteiger partial charge in [0.2, 0.25) is 0 Å². The minimum absolute atomic E-state index is 0.00339. The molecule has 5 heterocycles. The molecular formula is C27H26F4N8OS. The molecule has 0 atom stereocenters. The molecule has 41 heavy (non-hydrogen) atoms. The molecule has 6 rings (SSSR count). The number of nitrogens with two attached hydrogens (primary N) is 1. The molecule has 1 saturated heterocycles. The number of halogens is 4. The number of hydrogen-bond donors (Lipinski definition) is 1. The molecule has 0 unspecified atom stereocenters. The largest absolute Gasteiger partial charge is 0.390 e. The number of anilines is 1. The SMILES string of the molecule is NC(=O)C1=CN(c2cn3nc(-c4c(-c5ccc(F)cc5)ncn4C4CCN(CCC(F)(F)F)CC4)ccc3n2)CS1. The van der Waals surface area contributed by atoms with E-state index in [0.29, 0.717) is 65.1 Å². The highest BCUT2D eigenvalue weighted by Gasteiger charge is 2.30. The molecule has 0 saturated carbocycles. The Hall–Kier alpha value is -3.91. The second-order valence-corrected chi connectivity index (χ2v) is 11.0. The average Bonchev–Trinajstić information content (AvgIpc) is 3.70. The van der Waals surface area contributed by atoms with Crippen molar-refractivity contribution in [1.29, 1.82) is 0 Å². The highest BCUT2D eigenvalue weighted by molar-refractivity contribution is 8.04. The second-order valence-electron chi connectivity index (χ2n) is 10.0. The van der Waals surface area contributed by atoms with Gasteiger partial charge in [-0.05, 0) is 49.2 Å². The van der Waals surface area contributed by atoms with Crippen LogP contribution in [0.25, 0.3) is 28.3 Å². The van der Waals surface area contributed by atoms with Crippen LogP contribution >= 0.6 is 11.8 Å². The number of benzene rings is 1. The van der Waals surface area contributed by atoms with E-state index in [2.05, 4.69) is 9.97 Å². The van der Waals surface area contributed by atoms with Gasteiger partial charge in [-0.1, -0.05) is 11.8 Å². The number of likely N-dealkylation sites (tertiary alicyclic amines) is 1. The zero-order valence-corrected chi connectivity index (χ0v) is 22.6. The van der Waals surface area contributed by atoms with Gasteiger partial charge in [-0.25, -0.2) is 18.9 Å². The van der Waals surface area contributed by atoms with E-state index < -0.39 is 18.5 Å². The number of piperidine rings is 1. The van der Waals surface area contributed by atoms with Crippen LogP contribution in [0.5, 0.6) is 0 Å². The number of aromatic nitrogens is 5. The predicted molar refractivity (Wildman–Crippen MR) is 147 cm³/mol. The fourth-order valence-corrected chi connectivity index (χ4v) is 6.00. The molecule has 2 N–H and O–H groups in total. The lowest BCUT2D eigenvalue weighted by atomic mass is 10.0. The molecule has 2 aliphatic rings. The highest BCUT2D eigenvalue weighted by Crippen LogP contribution is 2.36. The Kier molecular flexibility index (Phi) is 7.20. The van der Waals surface area contributed by atoms with Crippen LogP contribution in [0.4, 0.5) is 23.4 Å². The quantitative estimate of drug-likeness (QED) is 0.310. The molecule has 9 nitrogen and oxygen atoms in total. The summed E-state index contributed by atoms with van der Waals surface area (Å²) in [5.41, 5.74) is 8.69. The number of primary amides is 1. The van der Waals surface area contributed by atoms with Crippen molar-refractivity contribution in [2.24, 2.45) is 5.73 Å². The lowest BCUT2D eigenvalue weighted by Gasteiger charge is -2.33. The third-order valence-corrected chi connectivity index (χ3v) is 8.32. The van der Waals surface area contributed by atoms with Crippen molar-refractivity contribution in [3.63, 3.8) is 0 Å². The van der Waals surface area contributed by atoms with E-state index in [1.807, 2.05) is 26.5 Å². The number of imidazole rings is 2. The van der Waals surface area contributed by atoms with Crippen LogP contribution in [0.15, 0.2) is 60.0 Å². The first-order chi connectivity index (χ1) is 19.6. The Bertz CT molecular complexity index is 1610. The summed E-state index contributed by atoms with van der Waals surface area (Å²) < 4.78 is 55.6. The number of carbonyl (C=O) groups is 1. The van der Waals surface area contributed by atoms with Crippen LogP contribution in [0, 0.1) is 5.82 Å². The van der Waals surface area contributed by atoms with Gasteiger partial charge in [0.1, 0.15) is 11.5 Å². The third kappa shape index (κ3) is 5.79. The first-order valence-corrected chi connectivity index (χ1v) is 14.0. The van der Waals surface area contributed by atoms with Crippen molar-refractivity contribution in [3.05, 3.63) is 65.8 Å². The normalized spacial score (nSPS) is 17.0. The van der Waals surface area contributed by atoms with Crippen LogP contribution in [0.3, 0.4) is 0 Å². The minimum Gasteiger partial charge on any atom is -0.365 e. The Morgan fingerprint density at radius 1 is 1.10 bits per heavy atom. The van der Waals surface area contributed by atoms with Crippen LogP contribution in [0.2, 0.25) is 0 Å². The maximum atomic E-state index is 13.7. The number of amides is 1. The minimum atomic E-state index is -4.18. The zero-order chi connectivity index (χ0) is 28.7. The molecule has 1 aromatic carbocycles. The number of fused-ring (bicyclic) bond motifs is 1. The average molecular weight is 587 g/mol. The number of hydrogen-bond acceptors (Lipinski definition) is 7. The Labute approximate surface area is 236 Å². The molecule has 1 amide bonds. The molecule has 2 aliphatic heterocycles. The number of carbonyl (C=O) groups excluding carboxylic acids is 1. The lowest BCUT2D eigenvalue weighted by Crippen LogP contribution is -2.36. The fourth-order valence-electron chi connectivity index (χ4n) is 5.17. The Morgan fingerprint density at radius 3 is 2.54 bits per heavy atom. The standard InChI is InChI=1S/C27H26F4N8OS/c28-18-3-1-17(2-4-18)24-25(38(15-33-24)19-7-10-36(11-8-19)12-9-27(29,30)31)20-5-6-22-34-23(14-39(22)35-20)37-13-21(26(32)40)41-16-37/h1-6,13-15,19H,7-12,16H2,(H2,32,40). The summed E-state index contributed by atoms with van der Waals surface area (Å²) in [6.07, 6.45) is 1.47. The fraction of sp³-hybridized carbons (Fsp3) is 0.333. The topological polar surface area (TPSA) is 97.6 Å². The molecule has 0 spiro atoms. The van der Waals surface area contributed by atoms with E-state index >= 15 is 0 Å². The van der Waals surface area contributed by atoms with E-state index in [4.69, 9.17) is 10.8 Å². The summed E-state index contributed by atoms with van der Waals surface area (Å²) in [5.74, 6) is 0.254. The lowest BCUT2D eigenvalue weighted by molar-refractivity contribution is -0.138. The second kappa shape index (κ2) is 10.8. The van der Waals surface area contributed by atoms with Crippen molar-refractivity contribution in [1.82, 2.24) is 29.0 Å². The van der Waals surface area contributed by atoms with E-state index in [9.17, 15) is 22.4 Å². The maximum Gasteiger partial charge on any atom is 0.390 e. The van der Waals surface area contributed by atoms with Crippen LogP contribution in [-0.2, 0) is 4.79 Å². The van der Waals surface area contributed by atoms with Crippen LogP contribution in [0.1, 0.15) is 25.3 Å². The molecule has 214 valence electrons. The summed E-state index contributed by atoms with van der Waals surface area (Å²) in [5, 5.41) is 4.83. The summed E-state index contributed by atoms with van der Waals surface area (Å²) in [7, 11) is 0. The highest BCUT2D eigenvalue weighted by atomic mass is 32.2. The van der Waals surface area contributed by atoms with E-state index in [1.54, 1.807) is 35.4 Å². The van der Waals surface area contributed by atoms with Gasteiger partial charge in [-0.15, -0.1) is 0 Å². The Balaban J connectivity index is 1.33. The number of rotatable bonds is 7.